The fraction of sp³-hybridized carbons (Fsp3) is 0.650. The van der Waals surface area contributed by atoms with Gasteiger partial charge in [-0.1, -0.05) is 30.3 Å². The molecule has 0 N–H and O–H groups in total. The van der Waals surface area contributed by atoms with E-state index in [0.717, 1.165) is 39.0 Å². The highest BCUT2D eigenvalue weighted by atomic mass is 32.2. The molecule has 26 heavy (non-hydrogen) atoms. The van der Waals surface area contributed by atoms with Gasteiger partial charge in [-0.2, -0.15) is 0 Å². The second kappa shape index (κ2) is 8.53. The van der Waals surface area contributed by atoms with Crippen LogP contribution in [-0.4, -0.2) is 62.3 Å². The van der Waals surface area contributed by atoms with Crippen molar-refractivity contribution in [1.82, 2.24) is 9.80 Å². The van der Waals surface area contributed by atoms with E-state index in [9.17, 15) is 13.2 Å². The Morgan fingerprint density at radius 3 is 2.42 bits per heavy atom. The van der Waals surface area contributed by atoms with Crippen LogP contribution < -0.4 is 0 Å². The Labute approximate surface area is 157 Å². The summed E-state index contributed by atoms with van der Waals surface area (Å²) in [6.07, 6.45) is 3.24. The van der Waals surface area contributed by atoms with E-state index < -0.39 is 9.84 Å². The van der Waals surface area contributed by atoms with Crippen LogP contribution in [0.3, 0.4) is 0 Å². The van der Waals surface area contributed by atoms with Crippen LogP contribution in [0.4, 0.5) is 0 Å². The number of hydrogen-bond donors (Lipinski definition) is 0. The maximum Gasteiger partial charge on any atom is 0.222 e. The molecule has 2 aliphatic heterocycles. The average molecular weight is 379 g/mol. The summed E-state index contributed by atoms with van der Waals surface area (Å²) in [5, 5.41) is 0. The zero-order valence-electron chi connectivity index (χ0n) is 15.6. The topological polar surface area (TPSA) is 57.7 Å². The second-order valence-electron chi connectivity index (χ2n) is 7.95. The van der Waals surface area contributed by atoms with E-state index in [1.807, 2.05) is 18.0 Å². The smallest absolute Gasteiger partial charge is 0.222 e. The van der Waals surface area contributed by atoms with Gasteiger partial charge in [0.15, 0.2) is 9.84 Å². The second-order valence-corrected chi connectivity index (χ2v) is 10.2. The number of carbonyl (C=O) groups is 1. The predicted molar refractivity (Wildman–Crippen MR) is 103 cm³/mol. The molecule has 144 valence electrons. The third kappa shape index (κ3) is 5.55. The van der Waals surface area contributed by atoms with Gasteiger partial charge in [0.2, 0.25) is 5.91 Å². The van der Waals surface area contributed by atoms with Gasteiger partial charge in [-0.05, 0) is 49.8 Å². The molecule has 3 rings (SSSR count). The monoisotopic (exact) mass is 378 g/mol. The number of likely N-dealkylation sites (tertiary alicyclic amines) is 1. The molecule has 6 heteroatoms. The lowest BCUT2D eigenvalue weighted by molar-refractivity contribution is -0.131. The Morgan fingerprint density at radius 2 is 1.81 bits per heavy atom. The first-order valence-electron chi connectivity index (χ1n) is 9.62. The van der Waals surface area contributed by atoms with Crippen molar-refractivity contribution in [2.75, 3.05) is 38.2 Å². The summed E-state index contributed by atoms with van der Waals surface area (Å²) in [5.41, 5.74) is 1.35. The highest BCUT2D eigenvalue weighted by Gasteiger charge is 2.30. The van der Waals surface area contributed by atoms with Gasteiger partial charge in [0.05, 0.1) is 11.5 Å². The SMILES string of the molecule is CN(CC1CCN(Cc2ccccc2)CC1)C(=O)C[C@H]1CCS(=O)(=O)C1. The van der Waals surface area contributed by atoms with Crippen molar-refractivity contribution in [1.29, 1.82) is 0 Å². The Morgan fingerprint density at radius 1 is 1.12 bits per heavy atom. The molecule has 0 aliphatic carbocycles. The molecule has 0 bridgehead atoms. The summed E-state index contributed by atoms with van der Waals surface area (Å²) in [5.74, 6) is 1.09. The van der Waals surface area contributed by atoms with Gasteiger partial charge >= 0.3 is 0 Å². The van der Waals surface area contributed by atoms with Crippen LogP contribution in [0.15, 0.2) is 30.3 Å². The molecular weight excluding hydrogens is 348 g/mol. The van der Waals surface area contributed by atoms with Gasteiger partial charge in [-0.3, -0.25) is 9.69 Å². The minimum absolute atomic E-state index is 0.0164. The van der Waals surface area contributed by atoms with Gasteiger partial charge < -0.3 is 4.90 Å². The molecule has 0 radical (unpaired) electrons. The number of rotatable bonds is 6. The van der Waals surface area contributed by atoms with Crippen molar-refractivity contribution >= 4 is 15.7 Å². The summed E-state index contributed by atoms with van der Waals surface area (Å²) in [6, 6.07) is 10.5. The lowest BCUT2D eigenvalue weighted by atomic mass is 9.95. The van der Waals surface area contributed by atoms with Crippen molar-refractivity contribution in [2.45, 2.75) is 32.2 Å². The van der Waals surface area contributed by atoms with Crippen LogP contribution in [0, 0.1) is 11.8 Å². The van der Waals surface area contributed by atoms with Gasteiger partial charge in [-0.15, -0.1) is 0 Å². The number of benzene rings is 1. The highest BCUT2D eigenvalue weighted by molar-refractivity contribution is 7.91. The first-order valence-corrected chi connectivity index (χ1v) is 11.4. The van der Waals surface area contributed by atoms with E-state index in [0.29, 0.717) is 18.8 Å². The fourth-order valence-corrected chi connectivity index (χ4v) is 5.96. The lowest BCUT2D eigenvalue weighted by Crippen LogP contribution is -2.39. The van der Waals surface area contributed by atoms with Gasteiger partial charge in [0.25, 0.3) is 0 Å². The molecule has 0 unspecified atom stereocenters. The summed E-state index contributed by atoms with van der Waals surface area (Å²) >= 11 is 0. The van der Waals surface area contributed by atoms with Crippen LogP contribution in [0.1, 0.15) is 31.2 Å². The number of piperidine rings is 1. The molecule has 2 aliphatic rings. The van der Waals surface area contributed by atoms with Gasteiger partial charge in [0, 0.05) is 26.6 Å². The summed E-state index contributed by atoms with van der Waals surface area (Å²) in [7, 11) is -1.04. The maximum absolute atomic E-state index is 12.4. The number of carbonyl (C=O) groups excluding carboxylic acids is 1. The summed E-state index contributed by atoms with van der Waals surface area (Å²) < 4.78 is 23.1. The number of amides is 1. The Kier molecular flexibility index (Phi) is 6.35. The summed E-state index contributed by atoms with van der Waals surface area (Å²) in [4.78, 5) is 16.7. The molecule has 2 fully saturated rings. The van der Waals surface area contributed by atoms with Crippen LogP contribution in [0.5, 0.6) is 0 Å². The predicted octanol–water partition coefficient (Wildman–Crippen LogP) is 2.18. The van der Waals surface area contributed by atoms with Crippen LogP contribution in [0.2, 0.25) is 0 Å². The van der Waals surface area contributed by atoms with E-state index in [1.54, 1.807) is 0 Å². The summed E-state index contributed by atoms with van der Waals surface area (Å²) in [6.45, 7) is 3.93. The molecule has 1 amide bonds. The van der Waals surface area contributed by atoms with Crippen molar-refractivity contribution in [3.05, 3.63) is 35.9 Å². The molecule has 1 aromatic rings. The number of nitrogens with zero attached hydrogens (tertiary/aromatic N) is 2. The number of hydrogen-bond acceptors (Lipinski definition) is 4. The Bertz CT molecular complexity index is 697. The maximum atomic E-state index is 12.4. The van der Waals surface area contributed by atoms with E-state index in [-0.39, 0.29) is 23.3 Å². The van der Waals surface area contributed by atoms with E-state index >= 15 is 0 Å². The average Bonchev–Trinajstić information content (AvgIpc) is 2.96. The molecule has 0 saturated carbocycles. The van der Waals surface area contributed by atoms with Crippen molar-refractivity contribution in [2.24, 2.45) is 11.8 Å². The molecule has 5 nitrogen and oxygen atoms in total. The van der Waals surface area contributed by atoms with Crippen LogP contribution in [-0.2, 0) is 21.2 Å². The van der Waals surface area contributed by atoms with Crippen LogP contribution >= 0.6 is 0 Å². The molecule has 2 saturated heterocycles. The minimum atomic E-state index is -2.90. The van der Waals surface area contributed by atoms with Gasteiger partial charge in [-0.25, -0.2) is 8.42 Å². The normalized spacial score (nSPS) is 23.8. The first kappa shape index (κ1) is 19.4. The molecule has 0 aromatic heterocycles. The quantitative estimate of drug-likeness (QED) is 0.761. The van der Waals surface area contributed by atoms with Crippen LogP contribution in [0.25, 0.3) is 0 Å². The molecular formula is C20H30N2O3S. The minimum Gasteiger partial charge on any atom is -0.345 e. The standard InChI is InChI=1S/C20H30N2O3S/c1-21(20(23)13-19-9-12-26(24,25)16-19)14-18-7-10-22(11-8-18)15-17-5-3-2-4-6-17/h2-6,18-19H,7-16H2,1H3/t19-/m1/s1. The number of sulfone groups is 1. The zero-order chi connectivity index (χ0) is 18.6. The van der Waals surface area contributed by atoms with Crippen molar-refractivity contribution in [3.8, 4) is 0 Å². The van der Waals surface area contributed by atoms with Crippen molar-refractivity contribution in [3.63, 3.8) is 0 Å². The largest absolute Gasteiger partial charge is 0.345 e. The van der Waals surface area contributed by atoms with Gasteiger partial charge in [0.1, 0.15) is 0 Å². The molecule has 2 heterocycles. The third-order valence-electron chi connectivity index (χ3n) is 5.70. The zero-order valence-corrected chi connectivity index (χ0v) is 16.5. The van der Waals surface area contributed by atoms with E-state index in [1.165, 1.54) is 5.56 Å². The lowest BCUT2D eigenvalue weighted by Gasteiger charge is -2.34. The van der Waals surface area contributed by atoms with E-state index in [4.69, 9.17) is 0 Å². The third-order valence-corrected chi connectivity index (χ3v) is 7.54. The molecule has 0 spiro atoms. The Hall–Kier alpha value is -1.40. The first-order chi connectivity index (χ1) is 12.4. The molecule has 1 aromatic carbocycles. The van der Waals surface area contributed by atoms with Crippen molar-refractivity contribution < 1.29 is 13.2 Å². The Balaban J connectivity index is 1.39. The van der Waals surface area contributed by atoms with E-state index in [2.05, 4.69) is 29.2 Å². The molecule has 1 atom stereocenters. The fourth-order valence-electron chi connectivity index (χ4n) is 4.09. The highest BCUT2D eigenvalue weighted by Crippen LogP contribution is 2.24.